The molecule has 6 heteroatoms. The molecule has 0 unspecified atom stereocenters. The number of carbonyl (C=O) groups excluding carboxylic acids is 1. The van der Waals surface area contributed by atoms with E-state index in [0.29, 0.717) is 22.9 Å². The molecular formula is C18H19ClN2O2S. The monoisotopic (exact) mass is 362 g/mol. The molecule has 0 aliphatic carbocycles. The molecule has 1 amide bonds. The summed E-state index contributed by atoms with van der Waals surface area (Å²) in [6.07, 6.45) is 0.906. The van der Waals surface area contributed by atoms with Crippen LogP contribution >= 0.6 is 23.8 Å². The number of ether oxygens (including phenoxy) is 1. The number of hydrogen-bond donors (Lipinski definition) is 2. The van der Waals surface area contributed by atoms with Crippen molar-refractivity contribution in [3.05, 3.63) is 58.6 Å². The number of carbonyl (C=O) groups is 1. The molecule has 0 spiro atoms. The summed E-state index contributed by atoms with van der Waals surface area (Å²) in [6, 6.07) is 12.5. The van der Waals surface area contributed by atoms with Crippen molar-refractivity contribution in [3.63, 3.8) is 0 Å². The summed E-state index contributed by atoms with van der Waals surface area (Å²) in [5, 5.41) is 6.43. The normalized spacial score (nSPS) is 10.1. The van der Waals surface area contributed by atoms with Crippen LogP contribution in [0.2, 0.25) is 5.02 Å². The lowest BCUT2D eigenvalue weighted by Crippen LogP contribution is -2.34. The van der Waals surface area contributed by atoms with Gasteiger partial charge in [-0.2, -0.15) is 0 Å². The summed E-state index contributed by atoms with van der Waals surface area (Å²) >= 11 is 11.2. The highest BCUT2D eigenvalue weighted by molar-refractivity contribution is 7.80. The number of benzene rings is 2. The first kappa shape index (κ1) is 18.2. The van der Waals surface area contributed by atoms with Gasteiger partial charge in [-0.25, -0.2) is 0 Å². The van der Waals surface area contributed by atoms with E-state index < -0.39 is 0 Å². The maximum absolute atomic E-state index is 12.3. The van der Waals surface area contributed by atoms with Gasteiger partial charge < -0.3 is 10.1 Å². The van der Waals surface area contributed by atoms with Gasteiger partial charge in [-0.3, -0.25) is 10.1 Å². The van der Waals surface area contributed by atoms with Gasteiger partial charge in [0.25, 0.3) is 5.91 Å². The molecule has 0 aliphatic heterocycles. The molecule has 0 saturated heterocycles. The van der Waals surface area contributed by atoms with Crippen LogP contribution in [-0.2, 0) is 0 Å². The van der Waals surface area contributed by atoms with Gasteiger partial charge in [-0.05, 0) is 61.5 Å². The minimum absolute atomic E-state index is 0.208. The van der Waals surface area contributed by atoms with Crippen molar-refractivity contribution in [1.29, 1.82) is 0 Å². The Bertz CT molecular complexity index is 750. The van der Waals surface area contributed by atoms with E-state index in [0.717, 1.165) is 17.7 Å². The fraction of sp³-hybridized carbons (Fsp3) is 0.222. The maximum Gasteiger partial charge on any atom is 0.257 e. The zero-order valence-corrected chi connectivity index (χ0v) is 15.1. The second-order valence-electron chi connectivity index (χ2n) is 5.25. The Labute approximate surface area is 152 Å². The Morgan fingerprint density at radius 3 is 2.75 bits per heavy atom. The van der Waals surface area contributed by atoms with Crippen LogP contribution in [0.15, 0.2) is 42.5 Å². The lowest BCUT2D eigenvalue weighted by Gasteiger charge is -2.11. The molecule has 24 heavy (non-hydrogen) atoms. The largest absolute Gasteiger partial charge is 0.494 e. The van der Waals surface area contributed by atoms with Crippen LogP contribution in [-0.4, -0.2) is 17.6 Å². The third kappa shape index (κ3) is 5.22. The predicted molar refractivity (Wildman–Crippen MR) is 102 cm³/mol. The first-order valence-corrected chi connectivity index (χ1v) is 8.39. The van der Waals surface area contributed by atoms with E-state index in [9.17, 15) is 4.79 Å². The molecule has 0 aromatic heterocycles. The number of aryl methyl sites for hydroxylation is 1. The number of amides is 1. The average Bonchev–Trinajstić information content (AvgIpc) is 2.56. The number of hydrogen-bond acceptors (Lipinski definition) is 3. The molecule has 2 aromatic rings. The molecule has 2 rings (SSSR count). The lowest BCUT2D eigenvalue weighted by molar-refractivity contribution is 0.0977. The number of anilines is 1. The highest BCUT2D eigenvalue weighted by atomic mass is 35.5. The Morgan fingerprint density at radius 1 is 1.25 bits per heavy atom. The van der Waals surface area contributed by atoms with Crippen LogP contribution in [0.25, 0.3) is 0 Å². The van der Waals surface area contributed by atoms with E-state index in [1.54, 1.807) is 24.3 Å². The Balaban J connectivity index is 1.98. The van der Waals surface area contributed by atoms with Crippen molar-refractivity contribution in [3.8, 4) is 5.75 Å². The molecule has 0 bridgehead atoms. The predicted octanol–water partition coefficient (Wildman–Crippen LogP) is 4.56. The highest BCUT2D eigenvalue weighted by Crippen LogP contribution is 2.20. The number of thiocarbonyl (C=S) groups is 1. The molecular weight excluding hydrogens is 344 g/mol. The molecule has 2 aromatic carbocycles. The van der Waals surface area contributed by atoms with Crippen molar-refractivity contribution >= 4 is 40.5 Å². The Morgan fingerprint density at radius 2 is 2.04 bits per heavy atom. The molecule has 0 saturated carbocycles. The minimum Gasteiger partial charge on any atom is -0.494 e. The molecule has 2 N–H and O–H groups in total. The third-order valence-electron chi connectivity index (χ3n) is 3.23. The number of nitrogens with one attached hydrogen (secondary N) is 2. The van der Waals surface area contributed by atoms with Gasteiger partial charge in [0.1, 0.15) is 5.75 Å². The Kier molecular flexibility index (Phi) is 6.58. The van der Waals surface area contributed by atoms with Crippen LogP contribution in [0.1, 0.15) is 29.3 Å². The van der Waals surface area contributed by atoms with Crippen LogP contribution in [0.4, 0.5) is 5.69 Å². The molecule has 4 nitrogen and oxygen atoms in total. The van der Waals surface area contributed by atoms with Crippen molar-refractivity contribution in [2.75, 3.05) is 11.9 Å². The van der Waals surface area contributed by atoms with Crippen LogP contribution < -0.4 is 15.4 Å². The summed E-state index contributed by atoms with van der Waals surface area (Å²) in [6.45, 7) is 4.55. The number of halogens is 1. The molecule has 0 radical (unpaired) electrons. The van der Waals surface area contributed by atoms with E-state index >= 15 is 0 Å². The second-order valence-corrected chi connectivity index (χ2v) is 6.06. The quantitative estimate of drug-likeness (QED) is 0.765. The number of rotatable bonds is 5. The summed E-state index contributed by atoms with van der Waals surface area (Å²) in [5.41, 5.74) is 2.17. The van der Waals surface area contributed by atoms with Crippen LogP contribution in [0.3, 0.4) is 0 Å². The zero-order valence-electron chi connectivity index (χ0n) is 13.6. The van der Waals surface area contributed by atoms with Crippen LogP contribution in [0, 0.1) is 6.92 Å². The van der Waals surface area contributed by atoms with E-state index in [1.807, 2.05) is 32.0 Å². The highest BCUT2D eigenvalue weighted by Gasteiger charge is 2.09. The molecule has 126 valence electrons. The van der Waals surface area contributed by atoms with Crippen molar-refractivity contribution < 1.29 is 9.53 Å². The van der Waals surface area contributed by atoms with Crippen molar-refractivity contribution in [2.45, 2.75) is 20.3 Å². The van der Waals surface area contributed by atoms with Crippen molar-refractivity contribution in [1.82, 2.24) is 5.32 Å². The fourth-order valence-corrected chi connectivity index (χ4v) is 2.35. The topological polar surface area (TPSA) is 50.4 Å². The summed E-state index contributed by atoms with van der Waals surface area (Å²) in [7, 11) is 0. The van der Waals surface area contributed by atoms with E-state index in [4.69, 9.17) is 28.6 Å². The van der Waals surface area contributed by atoms with Gasteiger partial charge in [0.2, 0.25) is 0 Å². The minimum atomic E-state index is -0.298. The molecule has 0 atom stereocenters. The Hall–Kier alpha value is -2.11. The molecule has 0 aliphatic rings. The van der Waals surface area contributed by atoms with E-state index in [2.05, 4.69) is 10.6 Å². The van der Waals surface area contributed by atoms with E-state index in [-0.39, 0.29) is 11.0 Å². The fourth-order valence-electron chi connectivity index (χ4n) is 1.96. The second kappa shape index (κ2) is 8.66. The SMILES string of the molecule is CCCOc1cccc(C(=O)NC(=S)Nc2ccc(C)c(Cl)c2)c1. The van der Waals surface area contributed by atoms with Gasteiger partial charge in [-0.1, -0.05) is 30.7 Å². The average molecular weight is 363 g/mol. The zero-order chi connectivity index (χ0) is 17.5. The van der Waals surface area contributed by atoms with Gasteiger partial charge in [-0.15, -0.1) is 0 Å². The lowest BCUT2D eigenvalue weighted by atomic mass is 10.2. The van der Waals surface area contributed by atoms with Crippen LogP contribution in [0.5, 0.6) is 5.75 Å². The van der Waals surface area contributed by atoms with Gasteiger partial charge in [0.15, 0.2) is 5.11 Å². The molecule has 0 fully saturated rings. The summed E-state index contributed by atoms with van der Waals surface area (Å²) < 4.78 is 5.53. The first-order chi connectivity index (χ1) is 11.5. The third-order valence-corrected chi connectivity index (χ3v) is 3.84. The maximum atomic E-state index is 12.3. The van der Waals surface area contributed by atoms with Crippen molar-refractivity contribution in [2.24, 2.45) is 0 Å². The summed E-state index contributed by atoms with van der Waals surface area (Å²) in [5.74, 6) is 0.362. The smallest absolute Gasteiger partial charge is 0.257 e. The standard InChI is InChI=1S/C18H19ClN2O2S/c1-3-9-23-15-6-4-5-13(10-15)17(22)21-18(24)20-14-8-7-12(2)16(19)11-14/h4-8,10-11H,3,9H2,1-2H3,(H2,20,21,22,24). The van der Waals surface area contributed by atoms with Gasteiger partial charge in [0.05, 0.1) is 6.61 Å². The molecule has 0 heterocycles. The first-order valence-electron chi connectivity index (χ1n) is 7.61. The summed E-state index contributed by atoms with van der Waals surface area (Å²) in [4.78, 5) is 12.3. The van der Waals surface area contributed by atoms with Gasteiger partial charge in [0, 0.05) is 16.3 Å². The van der Waals surface area contributed by atoms with Gasteiger partial charge >= 0.3 is 0 Å². The van der Waals surface area contributed by atoms with E-state index in [1.165, 1.54) is 0 Å².